The van der Waals surface area contributed by atoms with Crippen LogP contribution in [0.3, 0.4) is 0 Å². The second kappa shape index (κ2) is 6.11. The van der Waals surface area contributed by atoms with Crippen molar-refractivity contribution in [1.82, 2.24) is 0 Å². The number of rotatable bonds is 4. The molecule has 0 spiro atoms. The van der Waals surface area contributed by atoms with E-state index < -0.39 is 4.92 Å². The molecule has 2 N–H and O–H groups in total. The van der Waals surface area contributed by atoms with E-state index in [0.717, 1.165) is 0 Å². The Kier molecular flexibility index (Phi) is 3.97. The molecule has 0 saturated heterocycles. The van der Waals surface area contributed by atoms with Crippen LogP contribution >= 0.6 is 0 Å². The highest BCUT2D eigenvalue weighted by Gasteiger charge is 2.26. The van der Waals surface area contributed by atoms with Crippen LogP contribution in [0.2, 0.25) is 0 Å². The maximum absolute atomic E-state index is 12.8. The summed E-state index contributed by atoms with van der Waals surface area (Å²) >= 11 is 0. The topological polar surface area (TPSA) is 132 Å². The number of benzene rings is 2. The molecular formula is C16H14N4O5. The third-order valence-electron chi connectivity index (χ3n) is 3.71. The smallest absolute Gasteiger partial charge is 0.351 e. The number of nitrogen functional groups attached to an aromatic ring is 1. The Hall–Kier alpha value is -3.62. The fourth-order valence-electron chi connectivity index (χ4n) is 2.55. The molecule has 128 valence electrons. The molecule has 25 heavy (non-hydrogen) atoms. The van der Waals surface area contributed by atoms with Gasteiger partial charge >= 0.3 is 11.5 Å². The van der Waals surface area contributed by atoms with E-state index in [1.54, 1.807) is 13.0 Å². The van der Waals surface area contributed by atoms with Gasteiger partial charge in [-0.2, -0.15) is 4.73 Å². The minimum Gasteiger partial charge on any atom is -0.710 e. The second-order valence-corrected chi connectivity index (χ2v) is 5.21. The largest absolute Gasteiger partial charge is 0.710 e. The predicted molar refractivity (Wildman–Crippen MR) is 89.5 cm³/mol. The summed E-state index contributed by atoms with van der Waals surface area (Å²) in [6, 6.07) is 9.71. The summed E-state index contributed by atoms with van der Waals surface area (Å²) in [5.74, 6) is 0.152. The highest BCUT2D eigenvalue weighted by Crippen LogP contribution is 2.25. The first-order valence-corrected chi connectivity index (χ1v) is 7.40. The molecule has 0 unspecified atom stereocenters. The molecule has 9 heteroatoms. The van der Waals surface area contributed by atoms with Crippen LogP contribution in [-0.2, 0) is 0 Å². The van der Waals surface area contributed by atoms with Crippen molar-refractivity contribution in [3.8, 4) is 17.0 Å². The SMILES string of the molecule is CCOc1ccc2c(c1)[n+]([O-])c(-c1ccc([N+](=O)[O-])cc1)c(N)[n+]2[O-]. The Balaban J connectivity index is 2.25. The van der Waals surface area contributed by atoms with Crippen LogP contribution < -0.4 is 19.9 Å². The summed E-state index contributed by atoms with van der Waals surface area (Å²) in [4.78, 5) is 10.2. The van der Waals surface area contributed by atoms with Crippen molar-refractivity contribution in [1.29, 1.82) is 0 Å². The maximum atomic E-state index is 12.8. The van der Waals surface area contributed by atoms with Crippen LogP contribution in [0.25, 0.3) is 22.3 Å². The summed E-state index contributed by atoms with van der Waals surface area (Å²) in [7, 11) is 0. The number of ether oxygens (including phenoxy) is 1. The summed E-state index contributed by atoms with van der Waals surface area (Å²) < 4.78 is 6.34. The lowest BCUT2D eigenvalue weighted by molar-refractivity contribution is -0.609. The number of hydrogen-bond donors (Lipinski definition) is 1. The van der Waals surface area contributed by atoms with Crippen molar-refractivity contribution in [2.45, 2.75) is 6.92 Å². The molecule has 0 saturated carbocycles. The zero-order chi connectivity index (χ0) is 18.1. The van der Waals surface area contributed by atoms with Gasteiger partial charge in [-0.25, -0.2) is 4.73 Å². The van der Waals surface area contributed by atoms with Gasteiger partial charge in [0.25, 0.3) is 11.2 Å². The lowest BCUT2D eigenvalue weighted by Crippen LogP contribution is -2.42. The first-order chi connectivity index (χ1) is 11.9. The molecule has 1 aromatic heterocycles. The Bertz CT molecular complexity index is 973. The van der Waals surface area contributed by atoms with Crippen molar-refractivity contribution in [2.75, 3.05) is 12.3 Å². The molecule has 0 atom stereocenters. The van der Waals surface area contributed by atoms with Gasteiger partial charge in [-0.1, -0.05) is 0 Å². The van der Waals surface area contributed by atoms with E-state index in [1.165, 1.54) is 36.4 Å². The zero-order valence-corrected chi connectivity index (χ0v) is 13.2. The van der Waals surface area contributed by atoms with E-state index in [9.17, 15) is 20.5 Å². The molecule has 0 bridgehead atoms. The fourth-order valence-corrected chi connectivity index (χ4v) is 2.55. The van der Waals surface area contributed by atoms with E-state index in [1.807, 2.05) is 0 Å². The van der Waals surface area contributed by atoms with Gasteiger partial charge in [-0.15, -0.1) is 0 Å². The number of nitro benzene ring substituents is 1. The lowest BCUT2D eigenvalue weighted by Gasteiger charge is -2.14. The number of nitrogens with zero attached hydrogens (tertiary/aromatic N) is 3. The van der Waals surface area contributed by atoms with Crippen molar-refractivity contribution in [3.63, 3.8) is 0 Å². The van der Waals surface area contributed by atoms with Crippen molar-refractivity contribution < 1.29 is 19.1 Å². The van der Waals surface area contributed by atoms with Gasteiger partial charge in [0.1, 0.15) is 5.75 Å². The number of aromatic nitrogens is 2. The molecule has 0 radical (unpaired) electrons. The van der Waals surface area contributed by atoms with Gasteiger partial charge in [-0.05, 0) is 31.2 Å². The summed E-state index contributed by atoms with van der Waals surface area (Å²) in [6.07, 6.45) is 0. The van der Waals surface area contributed by atoms with Crippen molar-refractivity contribution in [3.05, 3.63) is 63.0 Å². The van der Waals surface area contributed by atoms with Crippen molar-refractivity contribution in [2.24, 2.45) is 0 Å². The van der Waals surface area contributed by atoms with Crippen molar-refractivity contribution >= 4 is 22.5 Å². The Morgan fingerprint density at radius 3 is 2.36 bits per heavy atom. The van der Waals surface area contributed by atoms with Gasteiger partial charge < -0.3 is 15.2 Å². The average molecular weight is 342 g/mol. The molecule has 1 heterocycles. The summed E-state index contributed by atoms with van der Waals surface area (Å²) in [5.41, 5.74) is 6.12. The molecule has 0 aliphatic rings. The fraction of sp³-hybridized carbons (Fsp3) is 0.125. The van der Waals surface area contributed by atoms with E-state index in [4.69, 9.17) is 10.5 Å². The molecule has 3 rings (SSSR count). The number of fused-ring (bicyclic) bond motifs is 1. The molecule has 3 aromatic rings. The average Bonchev–Trinajstić information content (AvgIpc) is 2.61. The van der Waals surface area contributed by atoms with Crippen LogP contribution in [0.1, 0.15) is 6.92 Å². The number of anilines is 1. The monoisotopic (exact) mass is 342 g/mol. The number of nitro groups is 1. The molecule has 9 nitrogen and oxygen atoms in total. The summed E-state index contributed by atoms with van der Waals surface area (Å²) in [5, 5.41) is 35.9. The van der Waals surface area contributed by atoms with Gasteiger partial charge in [0.05, 0.1) is 23.2 Å². The number of non-ortho nitro benzene ring substituents is 1. The molecule has 2 aromatic carbocycles. The Labute approximate surface area is 141 Å². The molecular weight excluding hydrogens is 328 g/mol. The first-order valence-electron chi connectivity index (χ1n) is 7.40. The van der Waals surface area contributed by atoms with Gasteiger partial charge in [0, 0.05) is 12.1 Å². The minimum absolute atomic E-state index is 0.0777. The Morgan fingerprint density at radius 2 is 1.76 bits per heavy atom. The third kappa shape index (κ3) is 2.71. The van der Waals surface area contributed by atoms with Crippen LogP contribution in [0, 0.1) is 20.5 Å². The standard InChI is InChI=1S/C16H14N4O5/c1-2-25-12-7-8-13-14(9-12)18(21)15(16(17)19(13)22)10-3-5-11(6-4-10)20(23)24/h3-9H,2,17H2,1H3. The van der Waals surface area contributed by atoms with E-state index >= 15 is 0 Å². The second-order valence-electron chi connectivity index (χ2n) is 5.21. The molecule has 0 amide bonds. The van der Waals surface area contributed by atoms with E-state index in [0.29, 0.717) is 27.4 Å². The van der Waals surface area contributed by atoms with Gasteiger partial charge in [-0.3, -0.25) is 15.8 Å². The van der Waals surface area contributed by atoms with Crippen LogP contribution in [0.4, 0.5) is 11.5 Å². The van der Waals surface area contributed by atoms with Crippen LogP contribution in [0.5, 0.6) is 5.75 Å². The predicted octanol–water partition coefficient (Wildman–Crippen LogP) is 1.66. The van der Waals surface area contributed by atoms with E-state index in [2.05, 4.69) is 0 Å². The van der Waals surface area contributed by atoms with Gasteiger partial charge in [0.2, 0.25) is 5.52 Å². The first kappa shape index (κ1) is 16.2. The van der Waals surface area contributed by atoms with Gasteiger partial charge in [0.15, 0.2) is 0 Å². The Morgan fingerprint density at radius 1 is 1.08 bits per heavy atom. The molecule has 0 aliphatic carbocycles. The highest BCUT2D eigenvalue weighted by molar-refractivity contribution is 5.75. The minimum atomic E-state index is -0.555. The summed E-state index contributed by atoms with van der Waals surface area (Å²) in [6.45, 7) is 2.21. The zero-order valence-electron chi connectivity index (χ0n) is 13.2. The quantitative estimate of drug-likeness (QED) is 0.332. The van der Waals surface area contributed by atoms with Crippen LogP contribution in [0.15, 0.2) is 42.5 Å². The molecule has 0 aliphatic heterocycles. The van der Waals surface area contributed by atoms with E-state index in [-0.39, 0.29) is 28.2 Å². The third-order valence-corrected chi connectivity index (χ3v) is 3.71. The van der Waals surface area contributed by atoms with Crippen LogP contribution in [-0.4, -0.2) is 11.5 Å². The number of hydrogen-bond acceptors (Lipinski definition) is 6. The maximum Gasteiger partial charge on any atom is 0.351 e. The highest BCUT2D eigenvalue weighted by atomic mass is 16.6. The number of nitrogens with two attached hydrogens (primary N) is 1. The lowest BCUT2D eigenvalue weighted by atomic mass is 10.1. The molecule has 0 fully saturated rings. The normalized spacial score (nSPS) is 10.8.